The second-order valence-electron chi connectivity index (χ2n) is 6.51. The second-order valence-corrected chi connectivity index (χ2v) is 6.51. The number of hydrazone groups is 2. The topological polar surface area (TPSA) is 48.3 Å². The van der Waals surface area contributed by atoms with Crippen LogP contribution in [0.5, 0.6) is 0 Å². The molecule has 27 heavy (non-hydrogen) atoms. The minimum absolute atomic E-state index is 0.00993. The van der Waals surface area contributed by atoms with Crippen LogP contribution in [0, 0.1) is 0 Å². The lowest BCUT2D eigenvalue weighted by Gasteiger charge is -2.18. The predicted octanol–water partition coefficient (Wildman–Crippen LogP) is 3.96. The van der Waals surface area contributed by atoms with E-state index in [1.54, 1.807) is 5.01 Å². The molecule has 0 spiro atoms. The van der Waals surface area contributed by atoms with Crippen LogP contribution in [0.3, 0.4) is 0 Å². The van der Waals surface area contributed by atoms with Gasteiger partial charge in [-0.15, -0.1) is 0 Å². The number of rotatable bonds is 9. The van der Waals surface area contributed by atoms with Crippen LogP contribution in [-0.4, -0.2) is 41.3 Å². The molecule has 142 valence electrons. The highest BCUT2D eigenvalue weighted by molar-refractivity contribution is 6.66. The van der Waals surface area contributed by atoms with Gasteiger partial charge in [-0.05, 0) is 18.1 Å². The summed E-state index contributed by atoms with van der Waals surface area (Å²) in [6.45, 7) is 4.99. The summed E-state index contributed by atoms with van der Waals surface area (Å²) in [6, 6.07) is 20.2. The molecule has 0 saturated carbocycles. The molecule has 0 heterocycles. The molecule has 5 heteroatoms. The Kier molecular flexibility index (Phi) is 7.74. The van der Waals surface area contributed by atoms with Gasteiger partial charge in [0.05, 0.1) is 18.8 Å². The summed E-state index contributed by atoms with van der Waals surface area (Å²) in [7, 11) is 3.77. The number of carbonyl (C=O) groups is 1. The molecule has 2 rings (SSSR count). The normalized spacial score (nSPS) is 12.0. The number of hydrogen-bond donors (Lipinski definition) is 0. The first-order valence-electron chi connectivity index (χ1n) is 9.17. The molecule has 0 amide bonds. The number of benzene rings is 2. The largest absolute Gasteiger partial charge is 0.295 e. The van der Waals surface area contributed by atoms with Crippen molar-refractivity contribution in [3.05, 3.63) is 71.8 Å². The van der Waals surface area contributed by atoms with E-state index >= 15 is 0 Å². The van der Waals surface area contributed by atoms with Gasteiger partial charge < -0.3 is 0 Å². The lowest BCUT2D eigenvalue weighted by Crippen LogP contribution is -2.28. The van der Waals surface area contributed by atoms with Gasteiger partial charge in [0.1, 0.15) is 5.71 Å². The maximum absolute atomic E-state index is 12.4. The molecule has 0 fully saturated rings. The number of carbonyl (C=O) groups excluding carboxylic acids is 1. The lowest BCUT2D eigenvalue weighted by atomic mass is 10.1. The Morgan fingerprint density at radius 3 is 1.70 bits per heavy atom. The van der Waals surface area contributed by atoms with Gasteiger partial charge in [0.25, 0.3) is 0 Å². The molecule has 0 N–H and O–H groups in total. The van der Waals surface area contributed by atoms with Crippen molar-refractivity contribution in [2.75, 3.05) is 14.1 Å². The minimum Gasteiger partial charge on any atom is -0.295 e. The first-order valence-corrected chi connectivity index (χ1v) is 9.17. The van der Waals surface area contributed by atoms with E-state index in [4.69, 9.17) is 0 Å². The third-order valence-electron chi connectivity index (χ3n) is 4.03. The predicted molar refractivity (Wildman–Crippen MR) is 112 cm³/mol. The maximum Gasteiger partial charge on any atom is 0.184 e. The lowest BCUT2D eigenvalue weighted by molar-refractivity contribution is -0.112. The quantitative estimate of drug-likeness (QED) is 0.500. The van der Waals surface area contributed by atoms with Gasteiger partial charge in [-0.25, -0.2) is 0 Å². The molecule has 0 aromatic heterocycles. The molecular weight excluding hydrogens is 336 g/mol. The number of nitrogens with zero attached hydrogens (tertiary/aromatic N) is 4. The van der Waals surface area contributed by atoms with Crippen LogP contribution in [0.1, 0.15) is 31.4 Å². The Labute approximate surface area is 162 Å². The monoisotopic (exact) mass is 364 g/mol. The zero-order valence-electron chi connectivity index (χ0n) is 16.6. The van der Waals surface area contributed by atoms with Crippen LogP contribution in [0.25, 0.3) is 0 Å². The highest BCUT2D eigenvalue weighted by Crippen LogP contribution is 2.06. The maximum atomic E-state index is 12.4. The van der Waals surface area contributed by atoms with Gasteiger partial charge in [-0.2, -0.15) is 10.2 Å². The van der Waals surface area contributed by atoms with Crippen molar-refractivity contribution in [3.63, 3.8) is 0 Å². The molecular formula is C22H28N4O. The Balaban J connectivity index is 2.14. The van der Waals surface area contributed by atoms with E-state index in [1.807, 2.05) is 81.5 Å². The van der Waals surface area contributed by atoms with Crippen LogP contribution >= 0.6 is 0 Å². The average molecular weight is 364 g/mol. The average Bonchev–Trinajstić information content (AvgIpc) is 2.67. The van der Waals surface area contributed by atoms with E-state index < -0.39 is 0 Å². The Hall–Kier alpha value is -2.95. The molecule has 0 atom stereocenters. The van der Waals surface area contributed by atoms with Gasteiger partial charge in [0.2, 0.25) is 0 Å². The molecule has 2 aromatic rings. The third-order valence-corrected chi connectivity index (χ3v) is 4.03. The molecule has 0 aliphatic carbocycles. The standard InChI is InChI=1S/C22H28N4O/c1-5-21(27)22(24-26(4)17-20-14-10-7-11-15-20)18(2)23-25(3)16-19-12-8-6-9-13-19/h6-15H,5,16-17H2,1-4H3. The molecule has 5 nitrogen and oxygen atoms in total. The Bertz CT molecular complexity index is 784. The fourth-order valence-corrected chi connectivity index (χ4v) is 2.74. The molecule has 2 aromatic carbocycles. The van der Waals surface area contributed by atoms with Gasteiger partial charge in [-0.3, -0.25) is 14.8 Å². The number of hydrogen-bond acceptors (Lipinski definition) is 5. The van der Waals surface area contributed by atoms with Crippen molar-refractivity contribution in [2.45, 2.75) is 33.4 Å². The first-order chi connectivity index (χ1) is 13.0. The minimum atomic E-state index is -0.00993. The van der Waals surface area contributed by atoms with Crippen LogP contribution in [0.2, 0.25) is 0 Å². The summed E-state index contributed by atoms with van der Waals surface area (Å²) in [5, 5.41) is 12.7. The van der Waals surface area contributed by atoms with Gasteiger partial charge in [0, 0.05) is 20.5 Å². The zero-order valence-corrected chi connectivity index (χ0v) is 16.6. The highest BCUT2D eigenvalue weighted by atomic mass is 16.1. The van der Waals surface area contributed by atoms with E-state index in [9.17, 15) is 4.79 Å². The van der Waals surface area contributed by atoms with E-state index in [1.165, 1.54) is 0 Å². The van der Waals surface area contributed by atoms with Crippen LogP contribution in [0.15, 0.2) is 70.9 Å². The summed E-state index contributed by atoms with van der Waals surface area (Å²) in [5.41, 5.74) is 3.34. The van der Waals surface area contributed by atoms with Crippen LogP contribution in [0.4, 0.5) is 0 Å². The summed E-state index contributed by atoms with van der Waals surface area (Å²) in [6.07, 6.45) is 0.396. The highest BCUT2D eigenvalue weighted by Gasteiger charge is 2.15. The fourth-order valence-electron chi connectivity index (χ4n) is 2.74. The molecule has 0 bridgehead atoms. The van der Waals surface area contributed by atoms with Gasteiger partial charge in [-0.1, -0.05) is 67.6 Å². The van der Waals surface area contributed by atoms with E-state index in [2.05, 4.69) is 22.3 Å². The number of Topliss-reactive ketones (excluding diaryl/α,β-unsaturated/α-hetero) is 1. The van der Waals surface area contributed by atoms with Crippen molar-refractivity contribution in [2.24, 2.45) is 10.2 Å². The summed E-state index contributed by atoms with van der Waals surface area (Å²) in [5.74, 6) is -0.00993. The summed E-state index contributed by atoms with van der Waals surface area (Å²) >= 11 is 0. The van der Waals surface area contributed by atoms with Crippen molar-refractivity contribution in [3.8, 4) is 0 Å². The van der Waals surface area contributed by atoms with Gasteiger partial charge in [0.15, 0.2) is 5.78 Å². The van der Waals surface area contributed by atoms with E-state index in [0.717, 1.165) is 11.1 Å². The Morgan fingerprint density at radius 2 is 1.26 bits per heavy atom. The first kappa shape index (κ1) is 20.4. The molecule has 0 unspecified atom stereocenters. The second kappa shape index (κ2) is 10.3. The third kappa shape index (κ3) is 6.70. The van der Waals surface area contributed by atoms with Crippen LogP contribution < -0.4 is 0 Å². The SMILES string of the molecule is CCC(=O)C(=NN(C)Cc1ccccc1)C(C)=NN(C)Cc1ccccc1. The summed E-state index contributed by atoms with van der Waals surface area (Å²) < 4.78 is 0. The molecule has 0 radical (unpaired) electrons. The van der Waals surface area contributed by atoms with E-state index in [0.29, 0.717) is 30.9 Å². The van der Waals surface area contributed by atoms with E-state index in [-0.39, 0.29) is 5.78 Å². The molecule has 0 saturated heterocycles. The summed E-state index contributed by atoms with van der Waals surface area (Å²) in [4.78, 5) is 12.4. The zero-order chi connectivity index (χ0) is 19.6. The number of ketones is 1. The van der Waals surface area contributed by atoms with Crippen LogP contribution in [-0.2, 0) is 17.9 Å². The Morgan fingerprint density at radius 1 is 0.815 bits per heavy atom. The smallest absolute Gasteiger partial charge is 0.184 e. The van der Waals surface area contributed by atoms with Crippen molar-refractivity contribution in [1.29, 1.82) is 0 Å². The van der Waals surface area contributed by atoms with Crippen molar-refractivity contribution < 1.29 is 4.79 Å². The van der Waals surface area contributed by atoms with Crippen molar-refractivity contribution in [1.82, 2.24) is 10.0 Å². The van der Waals surface area contributed by atoms with Gasteiger partial charge >= 0.3 is 0 Å². The van der Waals surface area contributed by atoms with Crippen molar-refractivity contribution >= 4 is 17.2 Å². The fraction of sp³-hybridized carbons (Fsp3) is 0.318. The molecule has 0 aliphatic heterocycles. The molecule has 0 aliphatic rings.